The Balaban J connectivity index is 1.34. The van der Waals surface area contributed by atoms with Crippen molar-refractivity contribution in [3.05, 3.63) is 42.5 Å². The van der Waals surface area contributed by atoms with Gasteiger partial charge in [0.25, 0.3) is 0 Å². The van der Waals surface area contributed by atoms with E-state index in [1.807, 2.05) is 31.2 Å². The number of nitrogens with one attached hydrogen (secondary N) is 1. The molecule has 3 aromatic rings. The van der Waals surface area contributed by atoms with E-state index >= 15 is 0 Å². The summed E-state index contributed by atoms with van der Waals surface area (Å²) in [4.78, 5) is 13.1. The first-order valence-electron chi connectivity index (χ1n) is 10.3. The summed E-state index contributed by atoms with van der Waals surface area (Å²) in [5.74, 6) is 1.32. The summed E-state index contributed by atoms with van der Waals surface area (Å²) in [6, 6.07) is 7.78. The van der Waals surface area contributed by atoms with Crippen molar-refractivity contribution in [1.29, 1.82) is 0 Å². The molecular weight excluding hydrogens is 402 g/mol. The largest absolute Gasteiger partial charge is 0.491 e. The molecule has 2 aliphatic heterocycles. The Morgan fingerprint density at radius 3 is 2.87 bits per heavy atom. The number of para-hydroxylation sites is 1. The molecule has 5 atom stereocenters. The van der Waals surface area contributed by atoms with Gasteiger partial charge in [-0.1, -0.05) is 18.2 Å². The van der Waals surface area contributed by atoms with E-state index in [-0.39, 0.29) is 12.6 Å². The van der Waals surface area contributed by atoms with Gasteiger partial charge in [0, 0.05) is 6.61 Å². The fourth-order valence-corrected chi connectivity index (χ4v) is 3.97. The topological polar surface area (TPSA) is 124 Å². The summed E-state index contributed by atoms with van der Waals surface area (Å²) in [7, 11) is 0. The highest BCUT2D eigenvalue weighted by Gasteiger charge is 2.44. The van der Waals surface area contributed by atoms with Crippen LogP contribution in [0, 0.1) is 6.92 Å². The molecule has 0 bridgehead atoms. The van der Waals surface area contributed by atoms with Crippen molar-refractivity contribution >= 4 is 17.0 Å². The van der Waals surface area contributed by atoms with E-state index in [0.717, 1.165) is 12.0 Å². The molecule has 4 heterocycles. The zero-order valence-electron chi connectivity index (χ0n) is 17.1. The minimum atomic E-state index is -1.16. The molecule has 2 aromatic heterocycles. The summed E-state index contributed by atoms with van der Waals surface area (Å²) < 4.78 is 18.8. The van der Waals surface area contributed by atoms with Gasteiger partial charge in [-0.2, -0.15) is 0 Å². The van der Waals surface area contributed by atoms with E-state index in [4.69, 9.17) is 14.2 Å². The normalized spacial score (nSPS) is 28.3. The number of hydrogen-bond acceptors (Lipinski definition) is 9. The van der Waals surface area contributed by atoms with Crippen LogP contribution in [0.1, 0.15) is 18.2 Å². The summed E-state index contributed by atoms with van der Waals surface area (Å²) in [5, 5.41) is 24.5. The molecule has 2 aliphatic rings. The van der Waals surface area contributed by atoms with Crippen LogP contribution in [0.15, 0.2) is 36.9 Å². The number of aliphatic hydroxyl groups excluding tert-OH is 2. The van der Waals surface area contributed by atoms with E-state index in [1.54, 1.807) is 10.9 Å². The third-order valence-electron chi connectivity index (χ3n) is 5.74. The van der Waals surface area contributed by atoms with Crippen LogP contribution < -0.4 is 10.1 Å². The Morgan fingerprint density at radius 2 is 2.06 bits per heavy atom. The predicted octanol–water partition coefficient (Wildman–Crippen LogP) is 1.03. The van der Waals surface area contributed by atoms with Gasteiger partial charge in [-0.3, -0.25) is 4.57 Å². The molecule has 5 rings (SSSR count). The highest BCUT2D eigenvalue weighted by atomic mass is 16.6. The Hall–Kier alpha value is -2.79. The van der Waals surface area contributed by atoms with Crippen molar-refractivity contribution in [2.24, 2.45) is 0 Å². The molecule has 0 amide bonds. The number of rotatable bonds is 6. The van der Waals surface area contributed by atoms with E-state index in [0.29, 0.717) is 35.9 Å². The van der Waals surface area contributed by atoms with E-state index in [1.165, 1.54) is 6.33 Å². The van der Waals surface area contributed by atoms with Crippen molar-refractivity contribution in [1.82, 2.24) is 19.5 Å². The third kappa shape index (κ3) is 3.83. The van der Waals surface area contributed by atoms with Gasteiger partial charge in [0.2, 0.25) is 0 Å². The van der Waals surface area contributed by atoms with Crippen LogP contribution in [-0.2, 0) is 9.47 Å². The Kier molecular flexibility index (Phi) is 5.45. The minimum absolute atomic E-state index is 0.107. The predicted molar refractivity (Wildman–Crippen MR) is 111 cm³/mol. The molecule has 0 saturated carbocycles. The lowest BCUT2D eigenvalue weighted by atomic mass is 10.1. The molecule has 0 radical (unpaired) electrons. The second kappa shape index (κ2) is 8.39. The smallest absolute Gasteiger partial charge is 0.167 e. The first-order valence-corrected chi connectivity index (χ1v) is 10.3. The van der Waals surface area contributed by atoms with Crippen molar-refractivity contribution < 1.29 is 24.4 Å². The van der Waals surface area contributed by atoms with Crippen LogP contribution >= 0.6 is 0 Å². The standard InChI is InChI=1S/C21H25N5O5/c1-12-4-2-3-5-14(12)30-9-15-17(27)18(28)21(31-15)26-11-24-16-19(22-10-23-20(16)26)25-13-6-7-29-8-13/h2-5,10-11,13,15,17-18,21,27-28H,6-9H2,1H3,(H,22,23,25)/t13?,15-,17-,18-,21?/m1/s1. The molecule has 164 valence electrons. The second-order valence-electron chi connectivity index (χ2n) is 7.87. The highest BCUT2D eigenvalue weighted by Crippen LogP contribution is 2.33. The molecule has 1 aromatic carbocycles. The third-order valence-corrected chi connectivity index (χ3v) is 5.74. The van der Waals surface area contributed by atoms with Gasteiger partial charge in [0.05, 0.1) is 19.0 Å². The maximum Gasteiger partial charge on any atom is 0.167 e. The van der Waals surface area contributed by atoms with E-state index in [9.17, 15) is 10.2 Å². The SMILES string of the molecule is Cc1ccccc1OC[C@H]1OC(n2cnc3c(NC4CCOC4)ncnc32)[C@H](O)[C@@H]1O. The van der Waals surface area contributed by atoms with Crippen molar-refractivity contribution in [2.75, 3.05) is 25.1 Å². The van der Waals surface area contributed by atoms with Crippen LogP contribution in [0.4, 0.5) is 5.82 Å². The second-order valence-corrected chi connectivity index (χ2v) is 7.87. The van der Waals surface area contributed by atoms with Crippen molar-refractivity contribution in [2.45, 2.75) is 43.9 Å². The number of nitrogens with zero attached hydrogens (tertiary/aromatic N) is 4. The van der Waals surface area contributed by atoms with Crippen molar-refractivity contribution in [3.63, 3.8) is 0 Å². The molecule has 31 heavy (non-hydrogen) atoms. The highest BCUT2D eigenvalue weighted by molar-refractivity contribution is 5.82. The number of anilines is 1. The van der Waals surface area contributed by atoms with Gasteiger partial charge in [-0.15, -0.1) is 0 Å². The number of ether oxygens (including phenoxy) is 3. The van der Waals surface area contributed by atoms with Crippen LogP contribution in [0.3, 0.4) is 0 Å². The quantitative estimate of drug-likeness (QED) is 0.529. The number of aliphatic hydroxyl groups is 2. The Bertz CT molecular complexity index is 1050. The fourth-order valence-electron chi connectivity index (χ4n) is 3.97. The summed E-state index contributed by atoms with van der Waals surface area (Å²) >= 11 is 0. The van der Waals surface area contributed by atoms with Crippen LogP contribution in [0.5, 0.6) is 5.75 Å². The van der Waals surface area contributed by atoms with Gasteiger partial charge in [-0.25, -0.2) is 15.0 Å². The summed E-state index contributed by atoms with van der Waals surface area (Å²) in [5.41, 5.74) is 2.06. The average Bonchev–Trinajstić information content (AvgIpc) is 3.50. The summed E-state index contributed by atoms with van der Waals surface area (Å²) in [6.07, 6.45) is 0.0655. The molecule has 10 heteroatoms. The number of benzene rings is 1. The summed E-state index contributed by atoms with van der Waals surface area (Å²) in [6.45, 7) is 3.38. The lowest BCUT2D eigenvalue weighted by molar-refractivity contribution is -0.0475. The Morgan fingerprint density at radius 1 is 1.19 bits per heavy atom. The lowest BCUT2D eigenvalue weighted by Crippen LogP contribution is -2.34. The minimum Gasteiger partial charge on any atom is -0.491 e. The molecule has 2 fully saturated rings. The first kappa shape index (κ1) is 20.1. The van der Waals surface area contributed by atoms with Crippen LogP contribution in [-0.4, -0.2) is 73.9 Å². The fraction of sp³-hybridized carbons (Fsp3) is 0.476. The van der Waals surface area contributed by atoms with E-state index in [2.05, 4.69) is 20.3 Å². The average molecular weight is 427 g/mol. The first-order chi connectivity index (χ1) is 15.1. The maximum atomic E-state index is 10.7. The molecule has 10 nitrogen and oxygen atoms in total. The van der Waals surface area contributed by atoms with Crippen molar-refractivity contribution in [3.8, 4) is 5.75 Å². The van der Waals surface area contributed by atoms with Gasteiger partial charge >= 0.3 is 0 Å². The zero-order chi connectivity index (χ0) is 21.4. The molecular formula is C21H25N5O5. The number of imidazole rings is 1. The lowest BCUT2D eigenvalue weighted by Gasteiger charge is -2.17. The number of hydrogen-bond donors (Lipinski definition) is 3. The maximum absolute atomic E-state index is 10.7. The van der Waals surface area contributed by atoms with Gasteiger partial charge in [0.15, 0.2) is 23.2 Å². The zero-order valence-corrected chi connectivity index (χ0v) is 17.1. The van der Waals surface area contributed by atoms with Gasteiger partial charge in [-0.05, 0) is 25.0 Å². The van der Waals surface area contributed by atoms with E-state index < -0.39 is 24.5 Å². The molecule has 2 unspecified atom stereocenters. The molecule has 0 aliphatic carbocycles. The molecule has 3 N–H and O–H groups in total. The van der Waals surface area contributed by atoms with Gasteiger partial charge < -0.3 is 29.7 Å². The molecule has 2 saturated heterocycles. The van der Waals surface area contributed by atoms with Crippen LogP contribution in [0.25, 0.3) is 11.2 Å². The Labute approximate surface area is 178 Å². The van der Waals surface area contributed by atoms with Crippen LogP contribution in [0.2, 0.25) is 0 Å². The monoisotopic (exact) mass is 427 g/mol. The number of fused-ring (bicyclic) bond motifs is 1. The molecule has 0 spiro atoms. The van der Waals surface area contributed by atoms with Gasteiger partial charge in [0.1, 0.15) is 37.0 Å². The number of aryl methyl sites for hydroxylation is 1. The number of aromatic nitrogens is 4.